The van der Waals surface area contributed by atoms with Crippen LogP contribution in [0.4, 0.5) is 5.69 Å². The van der Waals surface area contributed by atoms with Crippen LogP contribution in [0.5, 0.6) is 0 Å². The first-order chi connectivity index (χ1) is 11.2. The number of hydrogen-bond donors (Lipinski definition) is 3. The maximum atomic E-state index is 12.0. The lowest BCUT2D eigenvalue weighted by atomic mass is 10.1. The summed E-state index contributed by atoms with van der Waals surface area (Å²) in [4.78, 5) is 16.3. The Morgan fingerprint density at radius 3 is 2.70 bits per heavy atom. The minimum atomic E-state index is -0.250. The monoisotopic (exact) mass is 304 g/mol. The average molecular weight is 304 g/mol. The molecule has 3 rings (SSSR count). The van der Waals surface area contributed by atoms with Crippen LogP contribution in [0.2, 0.25) is 0 Å². The van der Waals surface area contributed by atoms with Gasteiger partial charge in [0.05, 0.1) is 0 Å². The highest BCUT2D eigenvalue weighted by molar-refractivity contribution is 6.17. The number of para-hydroxylation sites is 1. The molecule has 1 amide bonds. The first-order valence-electron chi connectivity index (χ1n) is 7.20. The normalized spacial score (nSPS) is 15.3. The molecule has 0 unspecified atom stereocenters. The highest BCUT2D eigenvalue weighted by Crippen LogP contribution is 2.16. The van der Waals surface area contributed by atoms with Crippen molar-refractivity contribution in [3.8, 4) is 0 Å². The molecule has 0 spiro atoms. The fourth-order valence-corrected chi connectivity index (χ4v) is 2.25. The summed E-state index contributed by atoms with van der Waals surface area (Å²) in [5.74, 6) is 0.159. The fraction of sp³-hybridized carbons (Fsp3) is 0.0556. The maximum Gasteiger partial charge on any atom is 0.276 e. The van der Waals surface area contributed by atoms with E-state index in [0.717, 1.165) is 22.4 Å². The van der Waals surface area contributed by atoms with Crippen molar-refractivity contribution < 1.29 is 4.79 Å². The molecule has 1 aliphatic heterocycles. The number of amides is 1. The van der Waals surface area contributed by atoms with Gasteiger partial charge in [-0.2, -0.15) is 0 Å². The van der Waals surface area contributed by atoms with E-state index in [2.05, 4.69) is 15.6 Å². The van der Waals surface area contributed by atoms with Crippen LogP contribution in [0, 0.1) is 12.3 Å². The Kier molecular flexibility index (Phi) is 4.01. The number of rotatable bonds is 3. The molecule has 0 saturated heterocycles. The molecule has 114 valence electrons. The van der Waals surface area contributed by atoms with Gasteiger partial charge in [0.1, 0.15) is 5.70 Å². The van der Waals surface area contributed by atoms with Crippen molar-refractivity contribution in [3.05, 3.63) is 70.9 Å². The average Bonchev–Trinajstić information content (AvgIpc) is 2.89. The fourth-order valence-electron chi connectivity index (χ4n) is 2.25. The molecule has 0 bridgehead atoms. The standard InChI is InChI=1S/C18H16N4O/c1-12-7-8-13(9-14(12)11-19)10-16-17(23)22-18(21-16)20-15-5-3-2-4-6-15/h2-11,19H,1H3,(H2,20,21,22,23)/b16-10-,19-11?. The Hall–Kier alpha value is -3.21. The van der Waals surface area contributed by atoms with Crippen molar-refractivity contribution in [1.82, 2.24) is 5.32 Å². The molecule has 0 aromatic heterocycles. The molecule has 2 aromatic carbocycles. The number of anilines is 1. The van der Waals surface area contributed by atoms with Gasteiger partial charge in [0.15, 0.2) is 0 Å². The second-order valence-corrected chi connectivity index (χ2v) is 5.20. The van der Waals surface area contributed by atoms with Gasteiger partial charge in [0.2, 0.25) is 5.96 Å². The minimum absolute atomic E-state index is 0.250. The van der Waals surface area contributed by atoms with E-state index in [1.165, 1.54) is 6.21 Å². The zero-order valence-corrected chi connectivity index (χ0v) is 12.6. The second kappa shape index (κ2) is 6.27. The summed E-state index contributed by atoms with van der Waals surface area (Å²) in [7, 11) is 0. The van der Waals surface area contributed by atoms with Crippen LogP contribution in [-0.2, 0) is 4.79 Å². The number of hydrogen-bond acceptors (Lipinski definition) is 4. The third-order valence-electron chi connectivity index (χ3n) is 3.50. The predicted octanol–water partition coefficient (Wildman–Crippen LogP) is 2.93. The molecule has 0 radical (unpaired) electrons. The van der Waals surface area contributed by atoms with E-state index in [-0.39, 0.29) is 5.91 Å². The van der Waals surface area contributed by atoms with E-state index in [0.29, 0.717) is 11.7 Å². The Balaban J connectivity index is 1.84. The zero-order chi connectivity index (χ0) is 16.2. The number of guanidine groups is 1. The van der Waals surface area contributed by atoms with E-state index < -0.39 is 0 Å². The van der Waals surface area contributed by atoms with Crippen LogP contribution in [0.1, 0.15) is 16.7 Å². The molecule has 1 aliphatic rings. The third-order valence-corrected chi connectivity index (χ3v) is 3.50. The van der Waals surface area contributed by atoms with Crippen LogP contribution < -0.4 is 10.6 Å². The topological polar surface area (TPSA) is 77.3 Å². The summed E-state index contributed by atoms with van der Waals surface area (Å²) in [5, 5.41) is 13.2. The number of carbonyl (C=O) groups excluding carboxylic acids is 1. The third kappa shape index (κ3) is 3.35. The van der Waals surface area contributed by atoms with E-state index in [1.807, 2.05) is 55.5 Å². The van der Waals surface area contributed by atoms with Crippen molar-refractivity contribution in [2.75, 3.05) is 5.32 Å². The van der Waals surface area contributed by atoms with Gasteiger partial charge in [-0.15, -0.1) is 0 Å². The number of benzene rings is 2. The SMILES string of the molecule is Cc1ccc(/C=C2\N=C(Nc3ccccc3)NC2=O)cc1C=N. The van der Waals surface area contributed by atoms with Gasteiger partial charge in [-0.3, -0.25) is 10.1 Å². The molecule has 5 heteroatoms. The van der Waals surface area contributed by atoms with Crippen LogP contribution in [0.15, 0.2) is 59.2 Å². The molecule has 0 fully saturated rings. The van der Waals surface area contributed by atoms with Gasteiger partial charge in [-0.1, -0.05) is 30.3 Å². The van der Waals surface area contributed by atoms with Crippen LogP contribution in [0.3, 0.4) is 0 Å². The highest BCUT2D eigenvalue weighted by atomic mass is 16.2. The Labute approximate surface area is 134 Å². The van der Waals surface area contributed by atoms with E-state index >= 15 is 0 Å². The van der Waals surface area contributed by atoms with Crippen molar-refractivity contribution in [2.24, 2.45) is 4.99 Å². The Morgan fingerprint density at radius 1 is 1.17 bits per heavy atom. The lowest BCUT2D eigenvalue weighted by Crippen LogP contribution is -2.29. The Morgan fingerprint density at radius 2 is 1.96 bits per heavy atom. The zero-order valence-electron chi connectivity index (χ0n) is 12.6. The number of nitrogens with one attached hydrogen (secondary N) is 3. The summed E-state index contributed by atoms with van der Waals surface area (Å²) in [5.41, 5.74) is 3.87. The lowest BCUT2D eigenvalue weighted by Gasteiger charge is -2.03. The van der Waals surface area contributed by atoms with Gasteiger partial charge in [-0.25, -0.2) is 4.99 Å². The van der Waals surface area contributed by atoms with Gasteiger partial charge in [0.25, 0.3) is 5.91 Å². The molecule has 3 N–H and O–H groups in total. The van der Waals surface area contributed by atoms with E-state index in [9.17, 15) is 4.79 Å². The number of aliphatic imine (C=N–C) groups is 1. The molecule has 1 heterocycles. The number of nitrogens with zero attached hydrogens (tertiary/aromatic N) is 1. The lowest BCUT2D eigenvalue weighted by molar-refractivity contribution is -0.115. The molecule has 0 aliphatic carbocycles. The molecule has 2 aromatic rings. The molecule has 0 saturated carbocycles. The van der Waals surface area contributed by atoms with Crippen LogP contribution in [-0.4, -0.2) is 18.1 Å². The molecule has 5 nitrogen and oxygen atoms in total. The van der Waals surface area contributed by atoms with Crippen molar-refractivity contribution in [2.45, 2.75) is 6.92 Å². The van der Waals surface area contributed by atoms with Gasteiger partial charge >= 0.3 is 0 Å². The van der Waals surface area contributed by atoms with Crippen molar-refractivity contribution in [1.29, 1.82) is 5.41 Å². The smallest absolute Gasteiger partial charge is 0.276 e. The molecule has 0 atom stereocenters. The van der Waals surface area contributed by atoms with Gasteiger partial charge < -0.3 is 10.7 Å². The van der Waals surface area contributed by atoms with E-state index in [1.54, 1.807) is 6.08 Å². The molecule has 23 heavy (non-hydrogen) atoms. The van der Waals surface area contributed by atoms with Crippen molar-refractivity contribution >= 4 is 29.8 Å². The van der Waals surface area contributed by atoms with E-state index in [4.69, 9.17) is 5.41 Å². The summed E-state index contributed by atoms with van der Waals surface area (Å²) in [6.07, 6.45) is 3.01. The van der Waals surface area contributed by atoms with Gasteiger partial charge in [-0.05, 0) is 47.9 Å². The number of aryl methyl sites for hydroxylation is 1. The Bertz CT molecular complexity index is 822. The van der Waals surface area contributed by atoms with Crippen LogP contribution >= 0.6 is 0 Å². The summed E-state index contributed by atoms with van der Waals surface area (Å²) in [6, 6.07) is 15.2. The largest absolute Gasteiger partial charge is 0.326 e. The second-order valence-electron chi connectivity index (χ2n) is 5.20. The maximum absolute atomic E-state index is 12.0. The predicted molar refractivity (Wildman–Crippen MR) is 92.7 cm³/mol. The summed E-state index contributed by atoms with van der Waals surface area (Å²) in [6.45, 7) is 1.94. The van der Waals surface area contributed by atoms with Gasteiger partial charge in [0, 0.05) is 11.9 Å². The number of carbonyl (C=O) groups is 1. The quantitative estimate of drug-likeness (QED) is 0.602. The molecular weight excluding hydrogens is 288 g/mol. The highest BCUT2D eigenvalue weighted by Gasteiger charge is 2.19. The van der Waals surface area contributed by atoms with Crippen LogP contribution in [0.25, 0.3) is 6.08 Å². The first kappa shape index (κ1) is 14.7. The minimum Gasteiger partial charge on any atom is -0.326 e. The summed E-state index contributed by atoms with van der Waals surface area (Å²) < 4.78 is 0. The molecular formula is C18H16N4O. The first-order valence-corrected chi connectivity index (χ1v) is 7.20. The van der Waals surface area contributed by atoms with Crippen molar-refractivity contribution in [3.63, 3.8) is 0 Å². The summed E-state index contributed by atoms with van der Waals surface area (Å²) >= 11 is 0.